The number of aliphatic hydroxyl groups is 1. The summed E-state index contributed by atoms with van der Waals surface area (Å²) in [4.78, 5) is 12.9. The molecule has 0 aromatic carbocycles. The molecule has 4 heterocycles. The summed E-state index contributed by atoms with van der Waals surface area (Å²) < 4.78 is 13.1. The number of hydrogen-bond acceptors (Lipinski definition) is 7. The van der Waals surface area contributed by atoms with Gasteiger partial charge in [-0.25, -0.2) is 15.0 Å². The summed E-state index contributed by atoms with van der Waals surface area (Å²) in [6, 6.07) is 3.72. The van der Waals surface area contributed by atoms with Crippen LogP contribution in [-0.4, -0.2) is 44.4 Å². The Labute approximate surface area is 150 Å². The van der Waals surface area contributed by atoms with Gasteiger partial charge in [0.05, 0.1) is 25.2 Å². The Morgan fingerprint density at radius 2 is 2.19 bits per heavy atom. The van der Waals surface area contributed by atoms with E-state index in [4.69, 9.17) is 15.2 Å². The third kappa shape index (κ3) is 2.67. The molecule has 3 atom stereocenters. The summed E-state index contributed by atoms with van der Waals surface area (Å²) in [7, 11) is 1.58. The van der Waals surface area contributed by atoms with Gasteiger partial charge < -0.3 is 24.9 Å². The van der Waals surface area contributed by atoms with Crippen molar-refractivity contribution in [1.82, 2.24) is 19.5 Å². The molecule has 4 rings (SSSR count). The number of aliphatic hydroxyl groups excluding tert-OH is 1. The van der Waals surface area contributed by atoms with Gasteiger partial charge in [0.1, 0.15) is 24.0 Å². The van der Waals surface area contributed by atoms with Gasteiger partial charge in [-0.05, 0) is 12.5 Å². The summed E-state index contributed by atoms with van der Waals surface area (Å²) in [5, 5.41) is 10.2. The fourth-order valence-electron chi connectivity index (χ4n) is 3.56. The maximum atomic E-state index is 9.44. The molecule has 3 N–H and O–H groups in total. The predicted octanol–water partition coefficient (Wildman–Crippen LogP) is 2.00. The summed E-state index contributed by atoms with van der Waals surface area (Å²) in [6.07, 6.45) is 5.57. The number of anilines is 1. The van der Waals surface area contributed by atoms with Crippen LogP contribution in [0.15, 0.2) is 30.9 Å². The van der Waals surface area contributed by atoms with Crippen molar-refractivity contribution in [2.45, 2.75) is 25.7 Å². The van der Waals surface area contributed by atoms with Crippen LogP contribution in [0.1, 0.15) is 19.6 Å². The average molecular weight is 355 g/mol. The number of ether oxygens (including phenoxy) is 2. The summed E-state index contributed by atoms with van der Waals surface area (Å²) in [6.45, 7) is 2.11. The molecule has 3 aromatic heterocycles. The molecule has 8 heteroatoms. The number of pyridine rings is 1. The van der Waals surface area contributed by atoms with E-state index in [1.165, 1.54) is 6.33 Å². The fraction of sp³-hybridized carbons (Fsp3) is 0.389. The second-order valence-electron chi connectivity index (χ2n) is 6.54. The zero-order valence-corrected chi connectivity index (χ0v) is 14.7. The quantitative estimate of drug-likeness (QED) is 0.737. The topological polar surface area (TPSA) is 108 Å². The lowest BCUT2D eigenvalue weighted by Crippen LogP contribution is -2.15. The van der Waals surface area contributed by atoms with Gasteiger partial charge in [0, 0.05) is 35.5 Å². The first-order valence-corrected chi connectivity index (χ1v) is 8.50. The molecule has 26 heavy (non-hydrogen) atoms. The van der Waals surface area contributed by atoms with E-state index in [1.807, 2.05) is 16.8 Å². The Morgan fingerprint density at radius 3 is 2.85 bits per heavy atom. The Morgan fingerprint density at radius 1 is 1.35 bits per heavy atom. The number of fused-ring (bicyclic) bond motifs is 1. The Hall–Kier alpha value is -2.71. The molecule has 136 valence electrons. The molecule has 1 aliphatic heterocycles. The van der Waals surface area contributed by atoms with Crippen molar-refractivity contribution < 1.29 is 14.6 Å². The smallest absolute Gasteiger partial charge is 0.212 e. The molecule has 3 unspecified atom stereocenters. The Kier molecular flexibility index (Phi) is 4.21. The normalized spacial score (nSPS) is 22.8. The maximum Gasteiger partial charge on any atom is 0.212 e. The van der Waals surface area contributed by atoms with Crippen molar-refractivity contribution >= 4 is 16.9 Å². The molecule has 0 aliphatic carbocycles. The van der Waals surface area contributed by atoms with E-state index in [9.17, 15) is 5.11 Å². The molecule has 8 nitrogen and oxygen atoms in total. The highest BCUT2D eigenvalue weighted by molar-refractivity contribution is 6.00. The van der Waals surface area contributed by atoms with Gasteiger partial charge in [-0.1, -0.05) is 6.92 Å². The number of methoxy groups -OCH3 is 1. The molecule has 1 fully saturated rings. The van der Waals surface area contributed by atoms with Gasteiger partial charge in [0.15, 0.2) is 0 Å². The third-order valence-corrected chi connectivity index (χ3v) is 4.83. The van der Waals surface area contributed by atoms with Crippen LogP contribution in [0.25, 0.3) is 22.2 Å². The van der Waals surface area contributed by atoms with Gasteiger partial charge in [-0.2, -0.15) is 0 Å². The van der Waals surface area contributed by atoms with Crippen molar-refractivity contribution in [3.63, 3.8) is 0 Å². The van der Waals surface area contributed by atoms with Crippen LogP contribution in [0.4, 0.5) is 5.82 Å². The zero-order chi connectivity index (χ0) is 18.3. The van der Waals surface area contributed by atoms with Gasteiger partial charge in [-0.3, -0.25) is 0 Å². The van der Waals surface area contributed by atoms with Crippen molar-refractivity contribution in [1.29, 1.82) is 0 Å². The molecule has 0 spiro atoms. The number of rotatable bonds is 4. The number of aromatic nitrogens is 4. The SMILES string of the molecule is COc1ccc(-c2cn(C3OC(CO)CC3C)c3ncnc(N)c23)cn1. The lowest BCUT2D eigenvalue weighted by molar-refractivity contribution is -0.0291. The predicted molar refractivity (Wildman–Crippen MR) is 96.5 cm³/mol. The van der Waals surface area contributed by atoms with Crippen molar-refractivity contribution in [2.24, 2.45) is 5.92 Å². The van der Waals surface area contributed by atoms with E-state index in [0.29, 0.717) is 17.3 Å². The fourth-order valence-corrected chi connectivity index (χ4v) is 3.56. The summed E-state index contributed by atoms with van der Waals surface area (Å²) in [5.41, 5.74) is 8.64. The number of nitrogen functional groups attached to an aromatic ring is 1. The molecule has 0 amide bonds. The van der Waals surface area contributed by atoms with Crippen LogP contribution >= 0.6 is 0 Å². The molecule has 3 aromatic rings. The molecule has 0 saturated carbocycles. The van der Waals surface area contributed by atoms with Crippen LogP contribution in [0.2, 0.25) is 0 Å². The largest absolute Gasteiger partial charge is 0.481 e. The summed E-state index contributed by atoms with van der Waals surface area (Å²) in [5.74, 6) is 1.19. The van der Waals surface area contributed by atoms with Crippen LogP contribution in [0.3, 0.4) is 0 Å². The molecular formula is C18H21N5O3. The van der Waals surface area contributed by atoms with Crippen molar-refractivity contribution in [2.75, 3.05) is 19.5 Å². The van der Waals surface area contributed by atoms with E-state index in [1.54, 1.807) is 19.4 Å². The Balaban J connectivity index is 1.86. The monoisotopic (exact) mass is 355 g/mol. The highest BCUT2D eigenvalue weighted by Gasteiger charge is 2.34. The van der Waals surface area contributed by atoms with Gasteiger partial charge >= 0.3 is 0 Å². The lowest BCUT2D eigenvalue weighted by Gasteiger charge is -2.18. The summed E-state index contributed by atoms with van der Waals surface area (Å²) >= 11 is 0. The Bertz CT molecular complexity index is 924. The van der Waals surface area contributed by atoms with E-state index in [0.717, 1.165) is 22.9 Å². The molecule has 0 bridgehead atoms. The second-order valence-corrected chi connectivity index (χ2v) is 6.54. The number of hydrogen-bond donors (Lipinski definition) is 2. The minimum absolute atomic E-state index is 0.00637. The molecule has 1 saturated heterocycles. The average Bonchev–Trinajstić information content (AvgIpc) is 3.23. The van der Waals surface area contributed by atoms with E-state index < -0.39 is 0 Å². The van der Waals surface area contributed by atoms with E-state index in [2.05, 4.69) is 21.9 Å². The second kappa shape index (κ2) is 6.54. The van der Waals surface area contributed by atoms with Crippen LogP contribution < -0.4 is 10.5 Å². The third-order valence-electron chi connectivity index (χ3n) is 4.83. The van der Waals surface area contributed by atoms with Crippen LogP contribution in [0, 0.1) is 5.92 Å². The van der Waals surface area contributed by atoms with Gasteiger partial charge in [-0.15, -0.1) is 0 Å². The molecular weight excluding hydrogens is 334 g/mol. The maximum absolute atomic E-state index is 9.44. The first kappa shape index (κ1) is 16.7. The van der Waals surface area contributed by atoms with Gasteiger partial charge in [0.2, 0.25) is 5.88 Å². The highest BCUT2D eigenvalue weighted by Crippen LogP contribution is 2.40. The number of nitrogens with zero attached hydrogens (tertiary/aromatic N) is 4. The standard InChI is InChI=1S/C18H21N5O3/c1-10-5-12(8-24)26-18(10)23-7-13(11-3-4-14(25-2)20-6-11)15-16(19)21-9-22-17(15)23/h3-4,6-7,9-10,12,18,24H,5,8H2,1-2H3,(H2,19,21,22). The van der Waals surface area contributed by atoms with Crippen molar-refractivity contribution in [3.05, 3.63) is 30.9 Å². The van der Waals surface area contributed by atoms with Crippen molar-refractivity contribution in [3.8, 4) is 17.0 Å². The molecule has 0 radical (unpaired) electrons. The van der Waals surface area contributed by atoms with E-state index >= 15 is 0 Å². The zero-order valence-electron chi connectivity index (χ0n) is 14.7. The van der Waals surface area contributed by atoms with Gasteiger partial charge in [0.25, 0.3) is 0 Å². The van der Waals surface area contributed by atoms with Crippen LogP contribution in [0.5, 0.6) is 5.88 Å². The van der Waals surface area contributed by atoms with Crippen LogP contribution in [-0.2, 0) is 4.74 Å². The first-order chi connectivity index (χ1) is 12.6. The van der Waals surface area contributed by atoms with E-state index in [-0.39, 0.29) is 24.9 Å². The number of nitrogens with two attached hydrogens (primary N) is 1. The first-order valence-electron chi connectivity index (χ1n) is 8.50. The highest BCUT2D eigenvalue weighted by atomic mass is 16.5. The lowest BCUT2D eigenvalue weighted by atomic mass is 10.1. The minimum Gasteiger partial charge on any atom is -0.481 e. The molecule has 1 aliphatic rings. The minimum atomic E-state index is -0.219.